The second-order valence-electron chi connectivity index (χ2n) is 9.91. The lowest BCUT2D eigenvalue weighted by Gasteiger charge is -2.29. The summed E-state index contributed by atoms with van der Waals surface area (Å²) in [6, 6.07) is 11.7. The Bertz CT molecular complexity index is 1300. The van der Waals surface area contributed by atoms with E-state index < -0.39 is 5.97 Å². The molecule has 2 aliphatic rings. The zero-order valence-corrected chi connectivity index (χ0v) is 21.1. The number of nitrogens with zero attached hydrogens (tertiary/aromatic N) is 4. The van der Waals surface area contributed by atoms with Gasteiger partial charge in [-0.15, -0.1) is 0 Å². The minimum Gasteiger partial charge on any atom is -0.492 e. The molecule has 2 aromatic heterocycles. The van der Waals surface area contributed by atoms with Crippen LogP contribution in [0.3, 0.4) is 0 Å². The maximum Gasteiger partial charge on any atom is 0.343 e. The van der Waals surface area contributed by atoms with E-state index in [9.17, 15) is 9.59 Å². The van der Waals surface area contributed by atoms with Gasteiger partial charge in [-0.2, -0.15) is 0 Å². The number of benzene rings is 1. The van der Waals surface area contributed by atoms with E-state index in [4.69, 9.17) is 9.47 Å². The maximum absolute atomic E-state index is 13.1. The Balaban J connectivity index is 1.38. The smallest absolute Gasteiger partial charge is 0.343 e. The molecular formula is C28H34N4O4. The SMILES string of the molecule is COC(=O)c1c(OC[C@H]2CCCN(C)C2)cc(=O)n2c1CCN(Cc1cccc3ncccc13)CC2. The molecule has 8 nitrogen and oxygen atoms in total. The molecule has 1 saturated heterocycles. The molecule has 0 aliphatic carbocycles. The fraction of sp³-hybridized carbons (Fsp3) is 0.464. The molecule has 4 heterocycles. The fourth-order valence-electron chi connectivity index (χ4n) is 5.55. The molecule has 190 valence electrons. The number of ether oxygens (including phenoxy) is 2. The Morgan fingerprint density at radius 3 is 2.86 bits per heavy atom. The van der Waals surface area contributed by atoms with Crippen LogP contribution in [0.2, 0.25) is 0 Å². The number of fused-ring (bicyclic) bond motifs is 2. The van der Waals surface area contributed by atoms with Gasteiger partial charge in [0.25, 0.3) is 5.56 Å². The van der Waals surface area contributed by atoms with Gasteiger partial charge in [0.2, 0.25) is 0 Å². The van der Waals surface area contributed by atoms with Gasteiger partial charge in [-0.3, -0.25) is 14.7 Å². The number of methoxy groups -OCH3 is 1. The van der Waals surface area contributed by atoms with E-state index in [1.165, 1.54) is 18.7 Å². The summed E-state index contributed by atoms with van der Waals surface area (Å²) in [4.78, 5) is 35.1. The zero-order chi connectivity index (χ0) is 25.1. The Hall–Kier alpha value is -3.23. The van der Waals surface area contributed by atoms with Crippen molar-refractivity contribution >= 4 is 16.9 Å². The van der Waals surface area contributed by atoms with Crippen LogP contribution in [0.15, 0.2) is 47.4 Å². The quantitative estimate of drug-likeness (QED) is 0.492. The molecular weight excluding hydrogens is 456 g/mol. The van der Waals surface area contributed by atoms with Gasteiger partial charge in [0, 0.05) is 68.4 Å². The van der Waals surface area contributed by atoms with Crippen LogP contribution in [-0.2, 0) is 24.2 Å². The second-order valence-corrected chi connectivity index (χ2v) is 9.91. The number of hydrogen-bond acceptors (Lipinski definition) is 7. The van der Waals surface area contributed by atoms with Crippen molar-refractivity contribution in [3.8, 4) is 5.75 Å². The van der Waals surface area contributed by atoms with Crippen LogP contribution in [0.5, 0.6) is 5.75 Å². The lowest BCUT2D eigenvalue weighted by molar-refractivity contribution is 0.0590. The van der Waals surface area contributed by atoms with Gasteiger partial charge in [-0.1, -0.05) is 18.2 Å². The van der Waals surface area contributed by atoms with Crippen LogP contribution in [0.1, 0.15) is 34.5 Å². The van der Waals surface area contributed by atoms with E-state index in [0.717, 1.165) is 49.9 Å². The molecule has 3 aromatic rings. The van der Waals surface area contributed by atoms with Crippen LogP contribution in [-0.4, -0.2) is 72.3 Å². The first kappa shape index (κ1) is 24.5. The van der Waals surface area contributed by atoms with Crippen molar-refractivity contribution in [1.82, 2.24) is 19.4 Å². The lowest BCUT2D eigenvalue weighted by atomic mass is 9.99. The monoisotopic (exact) mass is 490 g/mol. The van der Waals surface area contributed by atoms with E-state index in [2.05, 4.69) is 34.0 Å². The highest BCUT2D eigenvalue weighted by Gasteiger charge is 2.27. The van der Waals surface area contributed by atoms with E-state index in [1.54, 1.807) is 4.57 Å². The van der Waals surface area contributed by atoms with Crippen molar-refractivity contribution in [1.29, 1.82) is 0 Å². The van der Waals surface area contributed by atoms with Crippen LogP contribution in [0.4, 0.5) is 0 Å². The lowest BCUT2D eigenvalue weighted by Crippen LogP contribution is -2.35. The van der Waals surface area contributed by atoms with E-state index in [-0.39, 0.29) is 5.56 Å². The number of carbonyl (C=O) groups is 1. The van der Waals surface area contributed by atoms with Crippen molar-refractivity contribution in [2.75, 3.05) is 46.9 Å². The largest absolute Gasteiger partial charge is 0.492 e. The third-order valence-corrected chi connectivity index (χ3v) is 7.40. The number of rotatable bonds is 6. The molecule has 1 atom stereocenters. The molecule has 0 spiro atoms. The predicted molar refractivity (Wildman–Crippen MR) is 138 cm³/mol. The van der Waals surface area contributed by atoms with E-state index in [0.29, 0.717) is 49.0 Å². The first-order chi connectivity index (χ1) is 17.5. The Morgan fingerprint density at radius 1 is 1.14 bits per heavy atom. The first-order valence-electron chi connectivity index (χ1n) is 12.7. The van der Waals surface area contributed by atoms with Gasteiger partial charge in [0.1, 0.15) is 11.3 Å². The Kier molecular flexibility index (Phi) is 7.34. The average molecular weight is 491 g/mol. The number of aromatic nitrogens is 2. The molecule has 0 unspecified atom stereocenters. The van der Waals surface area contributed by atoms with Crippen LogP contribution < -0.4 is 10.3 Å². The average Bonchev–Trinajstić information content (AvgIpc) is 3.10. The molecule has 36 heavy (non-hydrogen) atoms. The molecule has 0 saturated carbocycles. The molecule has 2 aliphatic heterocycles. The molecule has 0 amide bonds. The summed E-state index contributed by atoms with van der Waals surface area (Å²) in [6.07, 6.45) is 4.58. The van der Waals surface area contributed by atoms with Crippen molar-refractivity contribution < 1.29 is 14.3 Å². The summed E-state index contributed by atoms with van der Waals surface area (Å²) in [6.45, 7) is 5.22. The number of pyridine rings is 2. The highest BCUT2D eigenvalue weighted by Crippen LogP contribution is 2.26. The second kappa shape index (κ2) is 10.8. The van der Waals surface area contributed by atoms with Gasteiger partial charge >= 0.3 is 5.97 Å². The normalized spacial score (nSPS) is 19.0. The number of likely N-dealkylation sites (tertiary alicyclic amines) is 1. The molecule has 0 radical (unpaired) electrons. The van der Waals surface area contributed by atoms with Crippen LogP contribution in [0, 0.1) is 5.92 Å². The first-order valence-corrected chi connectivity index (χ1v) is 12.7. The summed E-state index contributed by atoms with van der Waals surface area (Å²) in [5.74, 6) is 0.268. The fourth-order valence-corrected chi connectivity index (χ4v) is 5.55. The number of hydrogen-bond donors (Lipinski definition) is 0. The van der Waals surface area contributed by atoms with Crippen molar-refractivity contribution in [3.63, 3.8) is 0 Å². The summed E-state index contributed by atoms with van der Waals surface area (Å²) in [7, 11) is 3.49. The van der Waals surface area contributed by atoms with Gasteiger partial charge in [-0.05, 0) is 44.1 Å². The summed E-state index contributed by atoms with van der Waals surface area (Å²) < 4.78 is 13.0. The maximum atomic E-state index is 13.1. The molecule has 1 aromatic carbocycles. The Labute approximate surface area is 211 Å². The number of esters is 1. The predicted octanol–water partition coefficient (Wildman–Crippen LogP) is 2.96. The van der Waals surface area contributed by atoms with Crippen molar-refractivity contribution in [3.05, 3.63) is 69.8 Å². The topological polar surface area (TPSA) is 76.9 Å². The van der Waals surface area contributed by atoms with E-state index >= 15 is 0 Å². The van der Waals surface area contributed by atoms with Gasteiger partial charge in [0.15, 0.2) is 0 Å². The van der Waals surface area contributed by atoms with Crippen LogP contribution in [0.25, 0.3) is 10.9 Å². The Morgan fingerprint density at radius 2 is 2.03 bits per heavy atom. The highest BCUT2D eigenvalue weighted by atomic mass is 16.5. The molecule has 5 rings (SSSR count). The number of piperidine rings is 1. The molecule has 8 heteroatoms. The number of carbonyl (C=O) groups excluding carboxylic acids is 1. The minimum absolute atomic E-state index is 0.135. The van der Waals surface area contributed by atoms with Gasteiger partial charge in [-0.25, -0.2) is 4.79 Å². The summed E-state index contributed by atoms with van der Waals surface area (Å²) in [5.41, 5.74) is 3.13. The summed E-state index contributed by atoms with van der Waals surface area (Å²) in [5, 5.41) is 1.14. The summed E-state index contributed by atoms with van der Waals surface area (Å²) >= 11 is 0. The molecule has 0 bridgehead atoms. The van der Waals surface area contributed by atoms with Crippen molar-refractivity contribution in [2.24, 2.45) is 5.92 Å². The molecule has 0 N–H and O–H groups in total. The highest BCUT2D eigenvalue weighted by molar-refractivity contribution is 5.93. The zero-order valence-electron chi connectivity index (χ0n) is 21.1. The van der Waals surface area contributed by atoms with Gasteiger partial charge < -0.3 is 18.9 Å². The van der Waals surface area contributed by atoms with Crippen LogP contribution >= 0.6 is 0 Å². The van der Waals surface area contributed by atoms with E-state index in [1.807, 2.05) is 24.4 Å². The van der Waals surface area contributed by atoms with Crippen molar-refractivity contribution in [2.45, 2.75) is 32.4 Å². The minimum atomic E-state index is -0.455. The third kappa shape index (κ3) is 5.15. The van der Waals surface area contributed by atoms with Gasteiger partial charge in [0.05, 0.1) is 19.2 Å². The molecule has 1 fully saturated rings. The standard InChI is InChI=1S/C28H34N4O4/c1-30-12-5-6-20(17-30)19-36-25-16-26(33)32-15-14-31(13-10-24(32)27(25)28(34)35-2)18-21-7-3-9-23-22(21)8-4-11-29-23/h3-4,7-9,11,16,20H,5-6,10,12-15,17-19H2,1-2H3/t20-/m0/s1. The third-order valence-electron chi connectivity index (χ3n) is 7.40.